The third-order valence-corrected chi connectivity index (χ3v) is 2.78. The van der Waals surface area contributed by atoms with Crippen molar-refractivity contribution in [2.24, 2.45) is 5.92 Å². The van der Waals surface area contributed by atoms with Gasteiger partial charge in [-0.25, -0.2) is 0 Å². The summed E-state index contributed by atoms with van der Waals surface area (Å²) in [7, 11) is 0. The fourth-order valence-electron chi connectivity index (χ4n) is 1.71. The third kappa shape index (κ3) is 1.92. The number of benzene rings is 1. The van der Waals surface area contributed by atoms with E-state index in [9.17, 15) is 5.11 Å². The Morgan fingerprint density at radius 1 is 1.60 bits per heavy atom. The molecule has 0 aliphatic carbocycles. The minimum absolute atomic E-state index is 0.166. The van der Waals surface area contributed by atoms with Crippen LogP contribution in [0.25, 0.3) is 0 Å². The predicted molar refractivity (Wildman–Crippen MR) is 55.6 cm³/mol. The third-order valence-electron chi connectivity index (χ3n) is 2.54. The summed E-state index contributed by atoms with van der Waals surface area (Å²) in [5.74, 6) is 0.488. The maximum atomic E-state index is 9.99. The summed E-state index contributed by atoms with van der Waals surface area (Å²) in [6.07, 6.45) is -0.375. The zero-order valence-electron chi connectivity index (χ0n) is 7.98. The lowest BCUT2D eigenvalue weighted by molar-refractivity contribution is 0.0531. The second kappa shape index (κ2) is 4.09. The normalized spacial score (nSPS) is 23.8. The Kier molecular flexibility index (Phi) is 2.81. The molecule has 0 saturated carbocycles. The predicted octanol–water partition coefficient (Wildman–Crippen LogP) is 2.30. The fourth-order valence-corrected chi connectivity index (χ4v) is 1.89. The highest BCUT2D eigenvalue weighted by atomic mass is 35.5. The molecule has 1 aromatic rings. The van der Waals surface area contributed by atoms with Gasteiger partial charge in [-0.2, -0.15) is 5.26 Å². The Balaban J connectivity index is 2.32. The molecule has 0 amide bonds. The van der Waals surface area contributed by atoms with Gasteiger partial charge >= 0.3 is 0 Å². The molecule has 15 heavy (non-hydrogen) atoms. The molecule has 3 nitrogen and oxygen atoms in total. The fraction of sp³-hybridized carbons (Fsp3) is 0.364. The number of fused-ring (bicyclic) bond motifs is 1. The number of hydrogen-bond donors (Lipinski definition) is 1. The average Bonchev–Trinajstić information content (AvgIpc) is 2.23. The molecule has 1 aliphatic heterocycles. The minimum atomic E-state index is -0.660. The molecule has 0 radical (unpaired) electrons. The van der Waals surface area contributed by atoms with E-state index in [1.807, 2.05) is 6.07 Å². The molecule has 1 aliphatic rings. The van der Waals surface area contributed by atoms with E-state index in [-0.39, 0.29) is 12.3 Å². The number of hydrogen-bond acceptors (Lipinski definition) is 3. The smallest absolute Gasteiger partial charge is 0.125 e. The lowest BCUT2D eigenvalue weighted by atomic mass is 9.91. The summed E-state index contributed by atoms with van der Waals surface area (Å²) < 4.78 is 5.44. The van der Waals surface area contributed by atoms with Crippen molar-refractivity contribution in [1.82, 2.24) is 0 Å². The summed E-state index contributed by atoms with van der Waals surface area (Å²) in [6, 6.07) is 7.19. The van der Waals surface area contributed by atoms with Crippen LogP contribution >= 0.6 is 11.6 Å². The Labute approximate surface area is 92.9 Å². The lowest BCUT2D eigenvalue weighted by Crippen LogP contribution is -2.25. The molecule has 0 saturated heterocycles. The highest BCUT2D eigenvalue weighted by Crippen LogP contribution is 2.37. The van der Waals surface area contributed by atoms with E-state index in [4.69, 9.17) is 21.6 Å². The molecule has 0 fully saturated rings. The molecule has 0 aromatic heterocycles. The molecule has 2 atom stereocenters. The van der Waals surface area contributed by atoms with Gasteiger partial charge in [0.05, 0.1) is 18.8 Å². The molecule has 0 unspecified atom stereocenters. The highest BCUT2D eigenvalue weighted by molar-refractivity contribution is 6.30. The standard InChI is InChI=1S/C11H10ClNO2/c12-8-1-2-10-9(5-8)11(14)7(3-4-13)6-15-10/h1-2,5,7,11,14H,3,6H2/t7-,11-/m0/s1. The average molecular weight is 224 g/mol. The summed E-state index contributed by atoms with van der Waals surface area (Å²) in [6.45, 7) is 0.378. The molecule has 0 bridgehead atoms. The van der Waals surface area contributed by atoms with Gasteiger partial charge in [-0.1, -0.05) is 11.6 Å². The first-order valence-corrected chi connectivity index (χ1v) is 5.07. The molecular formula is C11H10ClNO2. The van der Waals surface area contributed by atoms with Gasteiger partial charge in [-0.15, -0.1) is 0 Å². The van der Waals surface area contributed by atoms with E-state index < -0.39 is 6.10 Å². The van der Waals surface area contributed by atoms with Crippen LogP contribution in [0.3, 0.4) is 0 Å². The Bertz CT molecular complexity index is 414. The van der Waals surface area contributed by atoms with Crippen molar-refractivity contribution in [3.05, 3.63) is 28.8 Å². The first-order valence-electron chi connectivity index (χ1n) is 4.69. The van der Waals surface area contributed by atoms with Crippen LogP contribution in [-0.4, -0.2) is 11.7 Å². The Morgan fingerprint density at radius 3 is 3.13 bits per heavy atom. The first-order chi connectivity index (χ1) is 7.22. The van der Waals surface area contributed by atoms with Crippen molar-refractivity contribution in [2.45, 2.75) is 12.5 Å². The van der Waals surface area contributed by atoms with Crippen molar-refractivity contribution < 1.29 is 9.84 Å². The summed E-state index contributed by atoms with van der Waals surface area (Å²) in [4.78, 5) is 0. The van der Waals surface area contributed by atoms with E-state index in [0.717, 1.165) is 0 Å². The van der Waals surface area contributed by atoms with Crippen LogP contribution in [0, 0.1) is 17.2 Å². The molecule has 1 N–H and O–H groups in total. The van der Waals surface area contributed by atoms with Crippen LogP contribution in [0.15, 0.2) is 18.2 Å². The largest absolute Gasteiger partial charge is 0.493 e. The van der Waals surface area contributed by atoms with Gasteiger partial charge in [0, 0.05) is 22.9 Å². The molecule has 4 heteroatoms. The maximum Gasteiger partial charge on any atom is 0.125 e. The molecule has 1 heterocycles. The highest BCUT2D eigenvalue weighted by Gasteiger charge is 2.29. The second-order valence-corrected chi connectivity index (χ2v) is 4.00. The molecule has 1 aromatic carbocycles. The molecule has 0 spiro atoms. The number of aliphatic hydroxyl groups excluding tert-OH is 1. The molecular weight excluding hydrogens is 214 g/mol. The topological polar surface area (TPSA) is 53.2 Å². The van der Waals surface area contributed by atoms with Gasteiger partial charge in [0.15, 0.2) is 0 Å². The SMILES string of the molecule is N#CC[C@H]1COc2ccc(Cl)cc2[C@H]1O. The van der Waals surface area contributed by atoms with Crippen LogP contribution in [0.1, 0.15) is 18.1 Å². The van der Waals surface area contributed by atoms with E-state index in [2.05, 4.69) is 0 Å². The second-order valence-electron chi connectivity index (χ2n) is 3.56. The van der Waals surface area contributed by atoms with Crippen LogP contribution in [-0.2, 0) is 0 Å². The van der Waals surface area contributed by atoms with Gasteiger partial charge < -0.3 is 9.84 Å². The van der Waals surface area contributed by atoms with Gasteiger partial charge in [0.1, 0.15) is 5.75 Å². The van der Waals surface area contributed by atoms with Crippen LogP contribution in [0.5, 0.6) is 5.75 Å². The van der Waals surface area contributed by atoms with E-state index in [1.54, 1.807) is 18.2 Å². The zero-order valence-corrected chi connectivity index (χ0v) is 8.74. The van der Waals surface area contributed by atoms with Gasteiger partial charge in [-0.3, -0.25) is 0 Å². The number of ether oxygens (including phenoxy) is 1. The summed E-state index contributed by atoms with van der Waals surface area (Å²) >= 11 is 5.84. The minimum Gasteiger partial charge on any atom is -0.493 e. The zero-order chi connectivity index (χ0) is 10.8. The van der Waals surface area contributed by atoms with Crippen LogP contribution in [0.2, 0.25) is 5.02 Å². The molecule has 2 rings (SSSR count). The van der Waals surface area contributed by atoms with E-state index in [0.29, 0.717) is 22.9 Å². The summed E-state index contributed by atoms with van der Waals surface area (Å²) in [5.41, 5.74) is 0.675. The molecule has 78 valence electrons. The number of aliphatic hydroxyl groups is 1. The maximum absolute atomic E-state index is 9.99. The van der Waals surface area contributed by atoms with Crippen molar-refractivity contribution in [3.63, 3.8) is 0 Å². The van der Waals surface area contributed by atoms with Crippen molar-refractivity contribution in [1.29, 1.82) is 5.26 Å². The van der Waals surface area contributed by atoms with Crippen molar-refractivity contribution in [2.75, 3.05) is 6.61 Å². The van der Waals surface area contributed by atoms with E-state index >= 15 is 0 Å². The Morgan fingerprint density at radius 2 is 2.40 bits per heavy atom. The Hall–Kier alpha value is -1.24. The number of nitriles is 1. The number of nitrogens with zero attached hydrogens (tertiary/aromatic N) is 1. The number of halogens is 1. The summed E-state index contributed by atoms with van der Waals surface area (Å²) in [5, 5.41) is 19.1. The van der Waals surface area contributed by atoms with Crippen molar-refractivity contribution in [3.8, 4) is 11.8 Å². The van der Waals surface area contributed by atoms with Gasteiger partial charge in [-0.05, 0) is 18.2 Å². The van der Waals surface area contributed by atoms with Crippen molar-refractivity contribution >= 4 is 11.6 Å². The van der Waals surface area contributed by atoms with Gasteiger partial charge in [0.2, 0.25) is 0 Å². The first kappa shape index (κ1) is 10.3. The quantitative estimate of drug-likeness (QED) is 0.795. The van der Waals surface area contributed by atoms with E-state index in [1.165, 1.54) is 0 Å². The van der Waals surface area contributed by atoms with Crippen LogP contribution in [0.4, 0.5) is 0 Å². The number of rotatable bonds is 1. The van der Waals surface area contributed by atoms with Gasteiger partial charge in [0.25, 0.3) is 0 Å². The lowest BCUT2D eigenvalue weighted by Gasteiger charge is -2.28. The monoisotopic (exact) mass is 223 g/mol. The van der Waals surface area contributed by atoms with Crippen LogP contribution < -0.4 is 4.74 Å².